The van der Waals surface area contributed by atoms with E-state index in [9.17, 15) is 14.7 Å². The first-order chi connectivity index (χ1) is 12.0. The third-order valence-electron chi connectivity index (χ3n) is 6.09. The Morgan fingerprint density at radius 3 is 2.28 bits per heavy atom. The highest BCUT2D eigenvalue weighted by Gasteiger charge is 2.47. The zero-order valence-electron chi connectivity index (χ0n) is 15.1. The van der Waals surface area contributed by atoms with E-state index in [2.05, 4.69) is 6.92 Å². The summed E-state index contributed by atoms with van der Waals surface area (Å²) < 4.78 is 0. The summed E-state index contributed by atoms with van der Waals surface area (Å²) in [5.74, 6) is 0.710. The molecule has 3 rings (SSSR count). The van der Waals surface area contributed by atoms with Gasteiger partial charge in [-0.15, -0.1) is 0 Å². The number of aliphatic hydroxyl groups excluding tert-OH is 1. The fraction of sp³-hybridized carbons (Fsp3) is 0.600. The topological polar surface area (TPSA) is 60.9 Å². The summed E-state index contributed by atoms with van der Waals surface area (Å²) in [6.07, 6.45) is 1.31. The Hall–Kier alpha value is -1.88. The van der Waals surface area contributed by atoms with Crippen LogP contribution in [0.25, 0.3) is 0 Å². The Labute approximate surface area is 149 Å². The number of piperidine rings is 1. The molecule has 0 radical (unpaired) electrons. The molecule has 2 amide bonds. The average molecular weight is 344 g/mol. The number of hydrogen-bond acceptors (Lipinski definition) is 3. The first kappa shape index (κ1) is 17.9. The van der Waals surface area contributed by atoms with Crippen LogP contribution >= 0.6 is 0 Å². The predicted molar refractivity (Wildman–Crippen MR) is 95.9 cm³/mol. The third-order valence-corrected chi connectivity index (χ3v) is 6.09. The minimum absolute atomic E-state index is 0.0734. The van der Waals surface area contributed by atoms with E-state index in [1.165, 1.54) is 0 Å². The highest BCUT2D eigenvalue weighted by atomic mass is 16.3. The molecule has 5 nitrogen and oxygen atoms in total. The van der Waals surface area contributed by atoms with Crippen molar-refractivity contribution >= 4 is 11.8 Å². The second-order valence-electron chi connectivity index (χ2n) is 7.58. The normalized spacial score (nSPS) is 25.9. The van der Waals surface area contributed by atoms with Crippen molar-refractivity contribution in [1.29, 1.82) is 0 Å². The summed E-state index contributed by atoms with van der Waals surface area (Å²) >= 11 is 0. The molecule has 2 saturated heterocycles. The molecule has 0 unspecified atom stereocenters. The van der Waals surface area contributed by atoms with E-state index < -0.39 is 5.41 Å². The summed E-state index contributed by atoms with van der Waals surface area (Å²) in [6, 6.07) is 9.98. The summed E-state index contributed by atoms with van der Waals surface area (Å²) in [4.78, 5) is 29.0. The Morgan fingerprint density at radius 1 is 1.12 bits per heavy atom. The van der Waals surface area contributed by atoms with Gasteiger partial charge in [-0.05, 0) is 24.3 Å². The van der Waals surface area contributed by atoms with Gasteiger partial charge in [0.25, 0.3) is 0 Å². The van der Waals surface area contributed by atoms with E-state index >= 15 is 0 Å². The van der Waals surface area contributed by atoms with Crippen molar-refractivity contribution in [2.45, 2.75) is 32.1 Å². The molecule has 0 spiro atoms. The molecule has 2 fully saturated rings. The molecule has 1 aromatic carbocycles. The molecular formula is C20H28N2O3. The fourth-order valence-corrected chi connectivity index (χ4v) is 4.33. The van der Waals surface area contributed by atoms with Crippen LogP contribution in [0, 0.1) is 11.8 Å². The van der Waals surface area contributed by atoms with Crippen LogP contribution in [0.5, 0.6) is 0 Å². The lowest BCUT2D eigenvalue weighted by atomic mass is 9.71. The van der Waals surface area contributed by atoms with Gasteiger partial charge in [0.15, 0.2) is 0 Å². The van der Waals surface area contributed by atoms with Crippen LogP contribution in [0.4, 0.5) is 0 Å². The third kappa shape index (κ3) is 3.30. The molecule has 136 valence electrons. The van der Waals surface area contributed by atoms with Gasteiger partial charge in [0.2, 0.25) is 11.8 Å². The highest BCUT2D eigenvalue weighted by molar-refractivity contribution is 5.89. The highest BCUT2D eigenvalue weighted by Crippen LogP contribution is 2.39. The lowest BCUT2D eigenvalue weighted by Gasteiger charge is -2.42. The van der Waals surface area contributed by atoms with Crippen LogP contribution in [-0.2, 0) is 15.0 Å². The smallest absolute Gasteiger partial charge is 0.233 e. The Morgan fingerprint density at radius 2 is 1.76 bits per heavy atom. The average Bonchev–Trinajstić information content (AvgIpc) is 3.02. The standard InChI is InChI=1S/C20H28N2O3/c1-15-12-22(13-17(15)14-23)19(25)20(18-6-4-3-5-7-18)8-10-21(11-9-20)16(2)24/h3-7,15,17,23H,8-14H2,1-2H3/t15-,17+/m1/s1. The molecule has 0 aliphatic carbocycles. The molecule has 0 aromatic heterocycles. The number of amides is 2. The number of benzene rings is 1. The van der Waals surface area contributed by atoms with Gasteiger partial charge in [0, 0.05) is 45.6 Å². The van der Waals surface area contributed by atoms with Gasteiger partial charge in [-0.2, -0.15) is 0 Å². The molecule has 25 heavy (non-hydrogen) atoms. The largest absolute Gasteiger partial charge is 0.396 e. The maximum absolute atomic E-state index is 13.5. The monoisotopic (exact) mass is 344 g/mol. The van der Waals surface area contributed by atoms with Gasteiger partial charge in [-0.25, -0.2) is 0 Å². The maximum Gasteiger partial charge on any atom is 0.233 e. The summed E-state index contributed by atoms with van der Waals surface area (Å²) in [5, 5.41) is 9.54. The second kappa shape index (κ2) is 7.16. The van der Waals surface area contributed by atoms with Crippen molar-refractivity contribution in [3.8, 4) is 0 Å². The molecule has 0 bridgehead atoms. The van der Waals surface area contributed by atoms with Gasteiger partial charge >= 0.3 is 0 Å². The van der Waals surface area contributed by atoms with E-state index in [4.69, 9.17) is 0 Å². The molecule has 1 aromatic rings. The SMILES string of the molecule is CC(=O)N1CCC(C(=O)N2C[C@@H](CO)[C@H](C)C2)(c2ccccc2)CC1. The minimum atomic E-state index is -0.558. The van der Waals surface area contributed by atoms with Gasteiger partial charge in [-0.3, -0.25) is 9.59 Å². The molecule has 2 heterocycles. The molecule has 0 saturated carbocycles. The lowest BCUT2D eigenvalue weighted by molar-refractivity contribution is -0.141. The maximum atomic E-state index is 13.5. The van der Waals surface area contributed by atoms with Crippen molar-refractivity contribution in [2.24, 2.45) is 11.8 Å². The van der Waals surface area contributed by atoms with Crippen LogP contribution in [0.1, 0.15) is 32.3 Å². The molecular weight excluding hydrogens is 316 g/mol. The van der Waals surface area contributed by atoms with E-state index in [1.54, 1.807) is 6.92 Å². The summed E-state index contributed by atoms with van der Waals surface area (Å²) in [6.45, 7) is 6.37. The Balaban J connectivity index is 1.88. The number of carbonyl (C=O) groups excluding carboxylic acids is 2. The Bertz CT molecular complexity index is 623. The fourth-order valence-electron chi connectivity index (χ4n) is 4.33. The number of hydrogen-bond donors (Lipinski definition) is 1. The first-order valence-electron chi connectivity index (χ1n) is 9.19. The zero-order chi connectivity index (χ0) is 18.0. The van der Waals surface area contributed by atoms with Gasteiger partial charge in [0.1, 0.15) is 0 Å². The lowest BCUT2D eigenvalue weighted by Crippen LogP contribution is -2.53. The molecule has 5 heteroatoms. The predicted octanol–water partition coefficient (Wildman–Crippen LogP) is 1.65. The van der Waals surface area contributed by atoms with Gasteiger partial charge < -0.3 is 14.9 Å². The first-order valence-corrected chi connectivity index (χ1v) is 9.19. The second-order valence-corrected chi connectivity index (χ2v) is 7.58. The number of rotatable bonds is 3. The number of likely N-dealkylation sites (tertiary alicyclic amines) is 2. The van der Waals surface area contributed by atoms with E-state index in [1.807, 2.05) is 40.1 Å². The van der Waals surface area contributed by atoms with E-state index in [0.717, 1.165) is 5.56 Å². The van der Waals surface area contributed by atoms with E-state index in [-0.39, 0.29) is 24.3 Å². The zero-order valence-corrected chi connectivity index (χ0v) is 15.1. The summed E-state index contributed by atoms with van der Waals surface area (Å²) in [7, 11) is 0. The molecule has 2 aliphatic rings. The van der Waals surface area contributed by atoms with Crippen molar-refractivity contribution in [1.82, 2.24) is 9.80 Å². The number of nitrogens with zero attached hydrogens (tertiary/aromatic N) is 2. The van der Waals surface area contributed by atoms with Crippen LogP contribution in [0.15, 0.2) is 30.3 Å². The van der Waals surface area contributed by atoms with Crippen LogP contribution in [-0.4, -0.2) is 59.5 Å². The molecule has 2 aliphatic heterocycles. The van der Waals surface area contributed by atoms with Crippen LogP contribution in [0.2, 0.25) is 0 Å². The minimum Gasteiger partial charge on any atom is -0.396 e. The van der Waals surface area contributed by atoms with Gasteiger partial charge in [0.05, 0.1) is 5.41 Å². The quantitative estimate of drug-likeness (QED) is 0.907. The number of carbonyl (C=O) groups is 2. The van der Waals surface area contributed by atoms with Crippen molar-refractivity contribution in [3.63, 3.8) is 0 Å². The van der Waals surface area contributed by atoms with Gasteiger partial charge in [-0.1, -0.05) is 37.3 Å². The van der Waals surface area contributed by atoms with Crippen molar-refractivity contribution in [2.75, 3.05) is 32.8 Å². The van der Waals surface area contributed by atoms with E-state index in [0.29, 0.717) is 44.9 Å². The van der Waals surface area contributed by atoms with Crippen molar-refractivity contribution < 1.29 is 14.7 Å². The summed E-state index contributed by atoms with van der Waals surface area (Å²) in [5.41, 5.74) is 0.486. The van der Waals surface area contributed by atoms with Crippen LogP contribution in [0.3, 0.4) is 0 Å². The number of aliphatic hydroxyl groups is 1. The molecule has 1 N–H and O–H groups in total. The Kier molecular flexibility index (Phi) is 5.13. The van der Waals surface area contributed by atoms with Crippen molar-refractivity contribution in [3.05, 3.63) is 35.9 Å². The molecule has 2 atom stereocenters. The van der Waals surface area contributed by atoms with Crippen LogP contribution < -0.4 is 0 Å².